The number of rotatable bonds is 7. The van der Waals surface area contributed by atoms with Crippen molar-refractivity contribution < 1.29 is 9.52 Å². The lowest BCUT2D eigenvalue weighted by Crippen LogP contribution is -2.43. The Morgan fingerprint density at radius 2 is 0.922 bits per heavy atom. The van der Waals surface area contributed by atoms with Crippen molar-refractivity contribution in [1.82, 2.24) is 0 Å². The molecule has 0 bridgehead atoms. The Hall–Kier alpha value is -3.29. The Labute approximate surface area is 309 Å². The molecule has 1 fully saturated rings. The van der Waals surface area contributed by atoms with Crippen LogP contribution in [0.4, 0.5) is 0 Å². The van der Waals surface area contributed by atoms with E-state index in [0.717, 1.165) is 58.6 Å². The van der Waals surface area contributed by atoms with Crippen LogP contribution in [0.1, 0.15) is 126 Å². The Bertz CT molecular complexity index is 2030. The molecule has 4 heteroatoms. The lowest BCUT2D eigenvalue weighted by molar-refractivity contribution is 0.0235. The predicted molar refractivity (Wildman–Crippen MR) is 227 cm³/mol. The van der Waals surface area contributed by atoms with Gasteiger partial charge in [0.25, 0.3) is 0 Å². The summed E-state index contributed by atoms with van der Waals surface area (Å²) in [6.07, 6.45) is 3.53. The topological polar surface area (TPSA) is 33.4 Å². The van der Waals surface area contributed by atoms with Crippen molar-refractivity contribution in [2.45, 2.75) is 148 Å². The summed E-state index contributed by atoms with van der Waals surface area (Å²) in [5.74, 6) is 8.60. The maximum atomic E-state index is 11.6. The van der Waals surface area contributed by atoms with Crippen LogP contribution in [0, 0.1) is 22.9 Å². The molecule has 0 radical (unpaired) electrons. The number of benzene rings is 4. The summed E-state index contributed by atoms with van der Waals surface area (Å²) in [6.45, 7) is 28.7. The Morgan fingerprint density at radius 1 is 0.549 bits per heavy atom. The smallest absolute Gasteiger partial charge is 0.146 e. The molecule has 0 atom stereocenters. The van der Waals surface area contributed by atoms with Gasteiger partial charge in [0, 0.05) is 27.3 Å². The molecule has 1 aromatic heterocycles. The highest BCUT2D eigenvalue weighted by atomic mass is 28.3. The highest BCUT2D eigenvalue weighted by molar-refractivity contribution is 6.91. The lowest BCUT2D eigenvalue weighted by Gasteiger charge is -2.38. The van der Waals surface area contributed by atoms with Crippen LogP contribution in [0.2, 0.25) is 33.2 Å². The van der Waals surface area contributed by atoms with Crippen LogP contribution >= 0.6 is 0 Å². The summed E-state index contributed by atoms with van der Waals surface area (Å²) in [5, 5.41) is 19.7. The van der Waals surface area contributed by atoms with Crippen molar-refractivity contribution in [2.75, 3.05) is 0 Å². The molecule has 6 rings (SSSR count). The van der Waals surface area contributed by atoms with Crippen LogP contribution < -0.4 is 0 Å². The molecule has 51 heavy (non-hydrogen) atoms. The monoisotopic (exact) mass is 712 g/mol. The molecule has 1 N–H and O–H groups in total. The van der Waals surface area contributed by atoms with Gasteiger partial charge in [-0.05, 0) is 111 Å². The molecule has 5 aromatic rings. The minimum atomic E-state index is -2.05. The van der Waals surface area contributed by atoms with Crippen LogP contribution in [0.15, 0.2) is 59.0 Å². The maximum absolute atomic E-state index is 11.6. The van der Waals surface area contributed by atoms with Crippen LogP contribution in [0.25, 0.3) is 43.3 Å². The molecule has 0 saturated heterocycles. The molecule has 1 heterocycles. The number of aliphatic hydroxyl groups is 1. The fourth-order valence-electron chi connectivity index (χ4n) is 10.4. The summed E-state index contributed by atoms with van der Waals surface area (Å²) in [6, 6.07) is 20.0. The summed E-state index contributed by atoms with van der Waals surface area (Å²) < 4.78 is 6.59. The zero-order valence-corrected chi connectivity index (χ0v) is 35.3. The summed E-state index contributed by atoms with van der Waals surface area (Å²) in [4.78, 5) is 0. The standard InChI is InChI=1S/C47H60O2Si2/c1-30(2)50(31(3)4,32(5)6)23-19-39-41-25-36-17-13-14-18-37(36)26-42(41)40(20-24-51(33(7)8,34(9)10)35(11)12)44-29-45-38(27-43(39)44)28-46(49-45)47(48)21-15-16-22-47/h13-14,17-18,25-35,48H,15-16,21-22H2,1-12H3. The van der Waals surface area contributed by atoms with Gasteiger partial charge in [0.2, 0.25) is 0 Å². The summed E-state index contributed by atoms with van der Waals surface area (Å²) in [7, 11) is -4.09. The Balaban J connectivity index is 1.81. The van der Waals surface area contributed by atoms with Crippen molar-refractivity contribution in [1.29, 1.82) is 0 Å². The second kappa shape index (κ2) is 13.9. The predicted octanol–water partition coefficient (Wildman–Crippen LogP) is 13.8. The molecule has 0 unspecified atom stereocenters. The summed E-state index contributed by atoms with van der Waals surface area (Å²) >= 11 is 0. The average molecular weight is 713 g/mol. The molecule has 4 aromatic carbocycles. The van der Waals surface area contributed by atoms with Crippen LogP contribution in [-0.2, 0) is 5.60 Å². The highest BCUT2D eigenvalue weighted by Crippen LogP contribution is 2.45. The van der Waals surface area contributed by atoms with E-state index in [0.29, 0.717) is 39.0 Å². The normalized spacial score (nSPS) is 15.4. The quantitative estimate of drug-likeness (QED) is 0.104. The van der Waals surface area contributed by atoms with E-state index in [-0.39, 0.29) is 0 Å². The van der Waals surface area contributed by atoms with Gasteiger partial charge in [0.05, 0.1) is 0 Å². The third-order valence-electron chi connectivity index (χ3n) is 13.0. The largest absolute Gasteiger partial charge is 0.458 e. The second-order valence-corrected chi connectivity index (χ2v) is 28.7. The van der Waals surface area contributed by atoms with Gasteiger partial charge in [-0.3, -0.25) is 0 Å². The Morgan fingerprint density at radius 3 is 1.31 bits per heavy atom. The van der Waals surface area contributed by atoms with Crippen molar-refractivity contribution in [3.05, 3.63) is 71.5 Å². The van der Waals surface area contributed by atoms with Gasteiger partial charge in [-0.25, -0.2) is 0 Å². The summed E-state index contributed by atoms with van der Waals surface area (Å²) in [5.41, 5.74) is 13.5. The van der Waals surface area contributed by atoms with Crippen molar-refractivity contribution >= 4 is 59.4 Å². The van der Waals surface area contributed by atoms with E-state index in [9.17, 15) is 5.11 Å². The van der Waals surface area contributed by atoms with Crippen molar-refractivity contribution in [2.24, 2.45) is 0 Å². The van der Waals surface area contributed by atoms with E-state index in [1.165, 1.54) is 21.5 Å². The zero-order chi connectivity index (χ0) is 37.0. The minimum absolute atomic E-state index is 0.529. The molecular formula is C47H60O2Si2. The van der Waals surface area contributed by atoms with Crippen LogP contribution in [-0.4, -0.2) is 21.3 Å². The first kappa shape index (κ1) is 37.5. The van der Waals surface area contributed by atoms with E-state index < -0.39 is 21.7 Å². The number of furan rings is 1. The molecule has 1 aliphatic rings. The van der Waals surface area contributed by atoms with E-state index in [2.05, 4.69) is 161 Å². The molecular weight excluding hydrogens is 653 g/mol. The number of fused-ring (bicyclic) bond motifs is 4. The third-order valence-corrected chi connectivity index (χ3v) is 25.6. The SMILES string of the molecule is CC(C)[Si](C#Cc1c2cc3ccccc3cc2c(C#C[Si](C(C)C)(C(C)C)C(C)C)c2cc3oc(C4(O)CCCC4)cc3cc12)(C(C)C)C(C)C. The van der Waals surface area contributed by atoms with Gasteiger partial charge >= 0.3 is 0 Å². The van der Waals surface area contributed by atoms with Gasteiger partial charge < -0.3 is 9.52 Å². The Kier molecular flexibility index (Phi) is 10.2. The molecule has 0 amide bonds. The average Bonchev–Trinajstić information content (AvgIpc) is 3.70. The lowest BCUT2D eigenvalue weighted by atomic mass is 9.89. The van der Waals surface area contributed by atoms with Gasteiger partial charge in [0.15, 0.2) is 0 Å². The first-order valence-corrected chi connectivity index (χ1v) is 24.2. The van der Waals surface area contributed by atoms with E-state index >= 15 is 0 Å². The van der Waals surface area contributed by atoms with Gasteiger partial charge in [-0.2, -0.15) is 0 Å². The number of hydrogen-bond acceptors (Lipinski definition) is 2. The van der Waals surface area contributed by atoms with E-state index in [1.807, 2.05) is 0 Å². The molecule has 0 aliphatic heterocycles. The van der Waals surface area contributed by atoms with E-state index in [1.54, 1.807) is 0 Å². The molecule has 0 spiro atoms. The zero-order valence-electron chi connectivity index (χ0n) is 33.3. The van der Waals surface area contributed by atoms with Crippen LogP contribution in [0.3, 0.4) is 0 Å². The first-order chi connectivity index (χ1) is 24.1. The van der Waals surface area contributed by atoms with Crippen molar-refractivity contribution in [3.63, 3.8) is 0 Å². The number of hydrogen-bond donors (Lipinski definition) is 1. The second-order valence-electron chi connectivity index (χ2n) is 17.6. The first-order valence-electron chi connectivity index (χ1n) is 19.7. The van der Waals surface area contributed by atoms with Crippen molar-refractivity contribution in [3.8, 4) is 22.9 Å². The molecule has 1 aliphatic carbocycles. The van der Waals surface area contributed by atoms with Crippen LogP contribution in [0.5, 0.6) is 0 Å². The van der Waals surface area contributed by atoms with Gasteiger partial charge in [-0.15, -0.1) is 11.1 Å². The third kappa shape index (κ3) is 6.20. The molecule has 268 valence electrons. The maximum Gasteiger partial charge on any atom is 0.146 e. The van der Waals surface area contributed by atoms with Gasteiger partial charge in [0.1, 0.15) is 33.1 Å². The fourth-order valence-corrected chi connectivity index (χ4v) is 20.8. The molecule has 2 nitrogen and oxygen atoms in total. The van der Waals surface area contributed by atoms with E-state index in [4.69, 9.17) is 4.42 Å². The highest BCUT2D eigenvalue weighted by Gasteiger charge is 2.43. The van der Waals surface area contributed by atoms with Gasteiger partial charge in [-0.1, -0.05) is 119 Å². The minimum Gasteiger partial charge on any atom is -0.458 e. The molecule has 1 saturated carbocycles. The fraction of sp³-hybridized carbons (Fsp3) is 0.489.